The molecule has 20 heavy (non-hydrogen) atoms. The van der Waals surface area contributed by atoms with Crippen molar-refractivity contribution >= 4 is 18.0 Å². The smallest absolute Gasteiger partial charge is 0.414 e. The lowest BCUT2D eigenvalue weighted by Crippen LogP contribution is -2.16. The van der Waals surface area contributed by atoms with E-state index in [1.165, 1.54) is 0 Å². The summed E-state index contributed by atoms with van der Waals surface area (Å²) in [7, 11) is 0. The number of nitrogens with zero attached hydrogens (tertiary/aromatic N) is 3. The van der Waals surface area contributed by atoms with Crippen molar-refractivity contribution < 1.29 is 19.4 Å². The number of hydrogen-bond acceptors (Lipinski definition) is 6. The van der Waals surface area contributed by atoms with Crippen molar-refractivity contribution in [2.75, 3.05) is 5.32 Å². The van der Waals surface area contributed by atoms with Crippen molar-refractivity contribution in [1.29, 1.82) is 0 Å². The third kappa shape index (κ3) is 3.73. The summed E-state index contributed by atoms with van der Waals surface area (Å²) in [6.45, 7) is 0.104. The second kappa shape index (κ2) is 6.23. The molecule has 0 fully saturated rings. The molecular formula is C12H10N4O4. The highest BCUT2D eigenvalue weighted by atomic mass is 16.5. The Kier molecular flexibility index (Phi) is 4.17. The molecule has 1 aromatic carbocycles. The molecular weight excluding hydrogens is 264 g/mol. The van der Waals surface area contributed by atoms with Gasteiger partial charge in [-0.05, 0) is 5.56 Å². The Bertz CT molecular complexity index is 601. The number of rotatable bonds is 4. The van der Waals surface area contributed by atoms with Crippen LogP contribution in [-0.4, -0.2) is 32.4 Å². The van der Waals surface area contributed by atoms with E-state index in [1.807, 2.05) is 30.3 Å². The number of amides is 1. The molecule has 0 radical (unpaired) electrons. The second-order valence-corrected chi connectivity index (χ2v) is 3.66. The van der Waals surface area contributed by atoms with E-state index in [-0.39, 0.29) is 18.2 Å². The summed E-state index contributed by atoms with van der Waals surface area (Å²) in [4.78, 5) is 25.6. The third-order valence-electron chi connectivity index (χ3n) is 2.21. The van der Waals surface area contributed by atoms with E-state index in [0.29, 0.717) is 0 Å². The number of ether oxygens (including phenoxy) is 1. The van der Waals surface area contributed by atoms with Crippen LogP contribution in [0.5, 0.6) is 0 Å². The van der Waals surface area contributed by atoms with Crippen LogP contribution in [0.3, 0.4) is 0 Å². The standard InChI is InChI=1S/C12H10N4O4/c17-10(18)9-6-13-11(16-15-9)14-12(19)20-7-8-4-2-1-3-5-8/h1-6H,7H2,(H,17,18)(H,13,14,16,19). The van der Waals surface area contributed by atoms with Gasteiger partial charge in [-0.2, -0.15) is 0 Å². The Balaban J connectivity index is 1.86. The molecule has 0 atom stereocenters. The molecule has 0 aliphatic heterocycles. The molecule has 1 amide bonds. The van der Waals surface area contributed by atoms with Gasteiger partial charge < -0.3 is 9.84 Å². The van der Waals surface area contributed by atoms with Gasteiger partial charge in [0.05, 0.1) is 6.20 Å². The van der Waals surface area contributed by atoms with Crippen molar-refractivity contribution in [2.24, 2.45) is 0 Å². The van der Waals surface area contributed by atoms with Crippen LogP contribution in [0.15, 0.2) is 36.5 Å². The molecule has 0 aliphatic rings. The summed E-state index contributed by atoms with van der Waals surface area (Å²) < 4.78 is 4.94. The Labute approximate surface area is 113 Å². The van der Waals surface area contributed by atoms with E-state index in [4.69, 9.17) is 9.84 Å². The summed E-state index contributed by atoms with van der Waals surface area (Å²) in [6, 6.07) is 9.13. The Morgan fingerprint density at radius 1 is 1.20 bits per heavy atom. The van der Waals surface area contributed by atoms with Crippen molar-refractivity contribution in [1.82, 2.24) is 15.2 Å². The summed E-state index contributed by atoms with van der Waals surface area (Å²) in [5, 5.41) is 17.7. The van der Waals surface area contributed by atoms with Gasteiger partial charge in [0.1, 0.15) is 6.61 Å². The van der Waals surface area contributed by atoms with E-state index in [9.17, 15) is 9.59 Å². The molecule has 1 aromatic heterocycles. The maximum absolute atomic E-state index is 11.4. The average Bonchev–Trinajstić information content (AvgIpc) is 2.47. The monoisotopic (exact) mass is 274 g/mol. The van der Waals surface area contributed by atoms with E-state index in [1.54, 1.807) is 0 Å². The molecule has 1 heterocycles. The van der Waals surface area contributed by atoms with Crippen LogP contribution in [0.25, 0.3) is 0 Å². The van der Waals surface area contributed by atoms with E-state index < -0.39 is 12.1 Å². The summed E-state index contributed by atoms with van der Waals surface area (Å²) in [6.07, 6.45) is 0.237. The van der Waals surface area contributed by atoms with Crippen LogP contribution >= 0.6 is 0 Å². The molecule has 102 valence electrons. The molecule has 0 spiro atoms. The molecule has 0 saturated carbocycles. The zero-order chi connectivity index (χ0) is 14.4. The van der Waals surface area contributed by atoms with Crippen molar-refractivity contribution in [3.8, 4) is 0 Å². The van der Waals surface area contributed by atoms with Gasteiger partial charge >= 0.3 is 12.1 Å². The van der Waals surface area contributed by atoms with Crippen molar-refractivity contribution in [2.45, 2.75) is 6.61 Å². The van der Waals surface area contributed by atoms with Gasteiger partial charge in [-0.25, -0.2) is 14.6 Å². The summed E-state index contributed by atoms with van der Waals surface area (Å²) >= 11 is 0. The number of hydrogen-bond donors (Lipinski definition) is 2. The predicted octanol–water partition coefficient (Wildman–Crippen LogP) is 1.32. The van der Waals surface area contributed by atoms with Crippen LogP contribution in [0, 0.1) is 0 Å². The van der Waals surface area contributed by atoms with Crippen molar-refractivity contribution in [3.05, 3.63) is 47.8 Å². The molecule has 2 aromatic rings. The lowest BCUT2D eigenvalue weighted by Gasteiger charge is -2.05. The first kappa shape index (κ1) is 13.4. The number of carbonyl (C=O) groups excluding carboxylic acids is 1. The number of aromatic nitrogens is 3. The maximum Gasteiger partial charge on any atom is 0.414 e. The zero-order valence-electron chi connectivity index (χ0n) is 10.2. The van der Waals surface area contributed by atoms with Gasteiger partial charge in [0, 0.05) is 0 Å². The highest BCUT2D eigenvalue weighted by molar-refractivity contribution is 5.85. The first-order valence-corrected chi connectivity index (χ1v) is 5.56. The highest BCUT2D eigenvalue weighted by Crippen LogP contribution is 2.02. The Morgan fingerprint density at radius 3 is 2.55 bits per heavy atom. The molecule has 0 saturated heterocycles. The van der Waals surface area contributed by atoms with Crippen LogP contribution in [0.2, 0.25) is 0 Å². The lowest BCUT2D eigenvalue weighted by molar-refractivity contribution is 0.0688. The van der Waals surface area contributed by atoms with Gasteiger partial charge in [-0.1, -0.05) is 30.3 Å². The molecule has 2 rings (SSSR count). The van der Waals surface area contributed by atoms with Gasteiger partial charge in [-0.3, -0.25) is 5.32 Å². The molecule has 8 heteroatoms. The summed E-state index contributed by atoms with van der Waals surface area (Å²) in [5.74, 6) is -1.38. The van der Waals surface area contributed by atoms with Gasteiger partial charge in [0.2, 0.25) is 0 Å². The fourth-order valence-electron chi connectivity index (χ4n) is 1.28. The number of carbonyl (C=O) groups is 2. The third-order valence-corrected chi connectivity index (χ3v) is 2.21. The SMILES string of the molecule is O=C(Nc1ncc(C(=O)O)nn1)OCc1ccccc1. The largest absolute Gasteiger partial charge is 0.476 e. The minimum Gasteiger partial charge on any atom is -0.476 e. The molecule has 8 nitrogen and oxygen atoms in total. The van der Waals surface area contributed by atoms with Crippen LogP contribution < -0.4 is 5.32 Å². The Hall–Kier alpha value is -3.03. The predicted molar refractivity (Wildman–Crippen MR) is 67.0 cm³/mol. The number of benzene rings is 1. The summed E-state index contributed by atoms with van der Waals surface area (Å²) in [5.41, 5.74) is 0.524. The molecule has 2 N–H and O–H groups in total. The first-order valence-electron chi connectivity index (χ1n) is 5.56. The minimum absolute atomic E-state index is 0.104. The highest BCUT2D eigenvalue weighted by Gasteiger charge is 2.09. The number of nitrogens with one attached hydrogen (secondary N) is 1. The number of carboxylic acid groups (broad SMARTS) is 1. The minimum atomic E-state index is -1.25. The Morgan fingerprint density at radius 2 is 1.95 bits per heavy atom. The quantitative estimate of drug-likeness (QED) is 0.863. The molecule has 0 aliphatic carbocycles. The maximum atomic E-state index is 11.4. The van der Waals surface area contributed by atoms with E-state index in [2.05, 4.69) is 20.5 Å². The second-order valence-electron chi connectivity index (χ2n) is 3.66. The lowest BCUT2D eigenvalue weighted by atomic mass is 10.2. The topological polar surface area (TPSA) is 114 Å². The fraction of sp³-hybridized carbons (Fsp3) is 0.0833. The van der Waals surface area contributed by atoms with Crippen molar-refractivity contribution in [3.63, 3.8) is 0 Å². The number of carboxylic acids is 1. The van der Waals surface area contributed by atoms with Gasteiger partial charge in [0.25, 0.3) is 5.95 Å². The zero-order valence-corrected chi connectivity index (χ0v) is 10.2. The molecule has 0 unspecified atom stereocenters. The molecule has 0 bridgehead atoms. The normalized spacial score (nSPS) is 9.80. The van der Waals surface area contributed by atoms with E-state index >= 15 is 0 Å². The fourth-order valence-corrected chi connectivity index (χ4v) is 1.28. The van der Waals surface area contributed by atoms with Crippen LogP contribution in [0.1, 0.15) is 16.1 Å². The van der Waals surface area contributed by atoms with Crippen LogP contribution in [0.4, 0.5) is 10.7 Å². The number of anilines is 1. The van der Waals surface area contributed by atoms with E-state index in [0.717, 1.165) is 11.8 Å². The first-order chi connectivity index (χ1) is 9.65. The average molecular weight is 274 g/mol. The number of aromatic carboxylic acids is 1. The van der Waals surface area contributed by atoms with Gasteiger partial charge in [-0.15, -0.1) is 10.2 Å². The van der Waals surface area contributed by atoms with Gasteiger partial charge in [0.15, 0.2) is 5.69 Å². The van der Waals surface area contributed by atoms with Crippen LogP contribution in [-0.2, 0) is 11.3 Å².